The molecule has 7 heteroatoms. The van der Waals surface area contributed by atoms with E-state index in [9.17, 15) is 14.7 Å². The second-order valence-corrected chi connectivity index (χ2v) is 5.07. The Hall–Kier alpha value is -2.25. The average Bonchev–Trinajstić information content (AvgIpc) is 2.54. The zero-order valence-corrected chi connectivity index (χ0v) is 12.2. The fourth-order valence-corrected chi connectivity index (χ4v) is 2.14. The smallest absolute Gasteiger partial charge is 0.245 e. The average molecular weight is 305 g/mol. The summed E-state index contributed by atoms with van der Waals surface area (Å²) in [5.41, 5.74) is 3.27. The number of carboxylic acids is 1. The maximum atomic E-state index is 11.7. The summed E-state index contributed by atoms with van der Waals surface area (Å²) in [5.74, 6) is -1.36. The summed E-state index contributed by atoms with van der Waals surface area (Å²) in [6, 6.07) is 6.05. The van der Waals surface area contributed by atoms with Crippen LogP contribution in [-0.4, -0.2) is 50.9 Å². The maximum Gasteiger partial charge on any atom is 0.245 e. The number of nitrogens with one attached hydrogen (secondary N) is 2. The number of hydrogen-bond acceptors (Lipinski definition) is 5. The summed E-state index contributed by atoms with van der Waals surface area (Å²) in [4.78, 5) is 23.6. The number of hydrogen-bond donors (Lipinski definition) is 2. The first kappa shape index (κ1) is 16.1. The second kappa shape index (κ2) is 8.26. The fraction of sp³-hybridized carbons (Fsp3) is 0.400. The molecule has 0 spiro atoms. The molecule has 0 bridgehead atoms. The highest BCUT2D eigenvalue weighted by Gasteiger charge is 2.14. The molecule has 1 aliphatic heterocycles. The number of morpholine rings is 1. The van der Waals surface area contributed by atoms with E-state index in [1.807, 2.05) is 0 Å². The molecule has 1 saturated heterocycles. The van der Waals surface area contributed by atoms with E-state index in [-0.39, 0.29) is 11.5 Å². The van der Waals surface area contributed by atoms with E-state index in [1.165, 1.54) is 23.2 Å². The van der Waals surface area contributed by atoms with Crippen LogP contribution >= 0.6 is 0 Å². The lowest BCUT2D eigenvalue weighted by Crippen LogP contribution is -3.14. The van der Waals surface area contributed by atoms with Crippen LogP contribution < -0.4 is 15.4 Å². The van der Waals surface area contributed by atoms with Gasteiger partial charge in [-0.1, -0.05) is 24.3 Å². The minimum Gasteiger partial charge on any atom is -0.545 e. The van der Waals surface area contributed by atoms with Crippen molar-refractivity contribution in [3.05, 3.63) is 35.4 Å². The third-order valence-corrected chi connectivity index (χ3v) is 3.45. The van der Waals surface area contributed by atoms with Crippen molar-refractivity contribution >= 4 is 18.1 Å². The molecule has 1 aromatic rings. The van der Waals surface area contributed by atoms with Crippen molar-refractivity contribution in [3.63, 3.8) is 0 Å². The molecule has 1 heterocycles. The molecule has 2 N–H and O–H groups in total. The molecular weight excluding hydrogens is 286 g/mol. The number of hydrazone groups is 1. The molecule has 0 atom stereocenters. The standard InChI is InChI=1S/C15H19N3O4/c19-14(5-6-18-7-9-22-10-8-18)17-16-11-12-1-3-13(4-2-12)15(20)21/h1-4,11H,5-10H2,(H,17,19)(H,20,21)/b16-11-. The second-order valence-electron chi connectivity index (χ2n) is 5.07. The van der Waals surface area contributed by atoms with Gasteiger partial charge in [0.2, 0.25) is 5.91 Å². The van der Waals surface area contributed by atoms with Crippen LogP contribution in [0.5, 0.6) is 0 Å². The molecular formula is C15H19N3O4. The van der Waals surface area contributed by atoms with E-state index in [2.05, 4.69) is 10.5 Å². The number of quaternary nitrogens is 1. The summed E-state index contributed by atoms with van der Waals surface area (Å²) in [5, 5.41) is 14.5. The number of nitrogens with zero attached hydrogens (tertiary/aromatic N) is 1. The predicted octanol–water partition coefficient (Wildman–Crippen LogP) is -2.19. The van der Waals surface area contributed by atoms with E-state index in [0.717, 1.165) is 32.8 Å². The first-order valence-electron chi connectivity index (χ1n) is 7.20. The zero-order valence-electron chi connectivity index (χ0n) is 12.2. The molecule has 1 aliphatic rings. The number of carbonyl (C=O) groups excluding carboxylic acids is 2. The number of carbonyl (C=O) groups is 2. The molecule has 0 saturated carbocycles. The van der Waals surface area contributed by atoms with Crippen LogP contribution in [0, 0.1) is 0 Å². The number of carboxylic acid groups (broad SMARTS) is 1. The van der Waals surface area contributed by atoms with Gasteiger partial charge >= 0.3 is 0 Å². The van der Waals surface area contributed by atoms with E-state index in [4.69, 9.17) is 4.74 Å². The molecule has 2 rings (SSSR count). The van der Waals surface area contributed by atoms with Gasteiger partial charge in [-0.15, -0.1) is 0 Å². The lowest BCUT2D eigenvalue weighted by atomic mass is 10.1. The van der Waals surface area contributed by atoms with Crippen molar-refractivity contribution in [2.24, 2.45) is 5.10 Å². The number of benzene rings is 1. The quantitative estimate of drug-likeness (QED) is 0.461. The molecule has 1 amide bonds. The van der Waals surface area contributed by atoms with E-state index in [0.29, 0.717) is 12.0 Å². The summed E-state index contributed by atoms with van der Waals surface area (Å²) < 4.78 is 5.26. The van der Waals surface area contributed by atoms with Gasteiger partial charge < -0.3 is 19.5 Å². The molecule has 1 fully saturated rings. The van der Waals surface area contributed by atoms with Gasteiger partial charge in [0, 0.05) is 0 Å². The Kier molecular flexibility index (Phi) is 6.05. The fourth-order valence-electron chi connectivity index (χ4n) is 2.14. The van der Waals surface area contributed by atoms with E-state index in [1.54, 1.807) is 12.1 Å². The Labute approximate surface area is 128 Å². The topological polar surface area (TPSA) is 95.3 Å². The van der Waals surface area contributed by atoms with Gasteiger partial charge in [0.1, 0.15) is 13.1 Å². The molecule has 7 nitrogen and oxygen atoms in total. The van der Waals surface area contributed by atoms with Crippen LogP contribution in [0.3, 0.4) is 0 Å². The Morgan fingerprint density at radius 2 is 1.95 bits per heavy atom. The first-order valence-corrected chi connectivity index (χ1v) is 7.20. The highest BCUT2D eigenvalue weighted by atomic mass is 16.5. The van der Waals surface area contributed by atoms with Crippen LogP contribution in [0.2, 0.25) is 0 Å². The van der Waals surface area contributed by atoms with E-state index >= 15 is 0 Å². The lowest BCUT2D eigenvalue weighted by molar-refractivity contribution is -0.907. The first-order chi connectivity index (χ1) is 10.6. The normalized spacial score (nSPS) is 15.8. The largest absolute Gasteiger partial charge is 0.545 e. The van der Waals surface area contributed by atoms with Gasteiger partial charge in [-0.05, 0) is 11.1 Å². The van der Waals surface area contributed by atoms with Crippen LogP contribution in [0.1, 0.15) is 22.3 Å². The number of ether oxygens (including phenoxy) is 1. The summed E-state index contributed by atoms with van der Waals surface area (Å²) >= 11 is 0. The van der Waals surface area contributed by atoms with Crippen molar-refractivity contribution < 1.29 is 24.3 Å². The molecule has 118 valence electrons. The maximum absolute atomic E-state index is 11.7. The zero-order chi connectivity index (χ0) is 15.8. The molecule has 0 radical (unpaired) electrons. The van der Waals surface area contributed by atoms with Gasteiger partial charge in [0.05, 0.1) is 38.4 Å². The minimum absolute atomic E-state index is 0.106. The SMILES string of the molecule is O=C(CC[NH+]1CCOCC1)N/N=C\c1ccc(C(=O)[O-])cc1. The van der Waals surface area contributed by atoms with Crippen molar-refractivity contribution in [1.29, 1.82) is 0 Å². The van der Waals surface area contributed by atoms with Crippen LogP contribution in [0.15, 0.2) is 29.4 Å². The van der Waals surface area contributed by atoms with Gasteiger partial charge in [-0.3, -0.25) is 4.79 Å². The Balaban J connectivity index is 1.71. The van der Waals surface area contributed by atoms with Crippen LogP contribution in [-0.2, 0) is 9.53 Å². The summed E-state index contributed by atoms with van der Waals surface area (Å²) in [7, 11) is 0. The summed E-state index contributed by atoms with van der Waals surface area (Å²) in [6.45, 7) is 4.13. The number of amides is 1. The van der Waals surface area contributed by atoms with Crippen LogP contribution in [0.4, 0.5) is 0 Å². The van der Waals surface area contributed by atoms with Gasteiger partial charge in [0.15, 0.2) is 0 Å². The van der Waals surface area contributed by atoms with Gasteiger partial charge in [-0.25, -0.2) is 5.43 Å². The number of aromatic carboxylic acids is 1. The van der Waals surface area contributed by atoms with Gasteiger partial charge in [0.25, 0.3) is 0 Å². The molecule has 22 heavy (non-hydrogen) atoms. The number of rotatable bonds is 6. The Bertz CT molecular complexity index is 536. The molecule has 0 aliphatic carbocycles. The third kappa shape index (κ3) is 5.27. The Morgan fingerprint density at radius 1 is 1.27 bits per heavy atom. The molecule has 1 aromatic carbocycles. The van der Waals surface area contributed by atoms with E-state index < -0.39 is 5.97 Å². The minimum atomic E-state index is -1.22. The monoisotopic (exact) mass is 305 g/mol. The lowest BCUT2D eigenvalue weighted by Gasteiger charge is -2.23. The van der Waals surface area contributed by atoms with Crippen molar-refractivity contribution in [2.75, 3.05) is 32.8 Å². The Morgan fingerprint density at radius 3 is 2.59 bits per heavy atom. The van der Waals surface area contributed by atoms with Crippen molar-refractivity contribution in [2.45, 2.75) is 6.42 Å². The predicted molar refractivity (Wildman–Crippen MR) is 77.5 cm³/mol. The van der Waals surface area contributed by atoms with Crippen molar-refractivity contribution in [3.8, 4) is 0 Å². The van der Waals surface area contributed by atoms with Crippen LogP contribution in [0.25, 0.3) is 0 Å². The summed E-state index contributed by atoms with van der Waals surface area (Å²) in [6.07, 6.45) is 1.88. The van der Waals surface area contributed by atoms with Crippen molar-refractivity contribution in [1.82, 2.24) is 5.43 Å². The van der Waals surface area contributed by atoms with Gasteiger partial charge in [-0.2, -0.15) is 5.10 Å². The molecule has 0 aromatic heterocycles. The molecule has 0 unspecified atom stereocenters. The highest BCUT2D eigenvalue weighted by Crippen LogP contribution is 2.01. The third-order valence-electron chi connectivity index (χ3n) is 3.45. The highest BCUT2D eigenvalue weighted by molar-refractivity contribution is 5.88.